The van der Waals surface area contributed by atoms with Crippen LogP contribution in [0.2, 0.25) is 0 Å². The second kappa shape index (κ2) is 6.27. The predicted molar refractivity (Wildman–Crippen MR) is 62.9 cm³/mol. The summed E-state index contributed by atoms with van der Waals surface area (Å²) < 4.78 is 1.87. The number of rotatable bonds is 6. The number of nitrogens with one attached hydrogen (secondary N) is 1. The lowest BCUT2D eigenvalue weighted by Gasteiger charge is -2.14. The summed E-state index contributed by atoms with van der Waals surface area (Å²) in [5.74, 6) is 0.116. The number of hydrogen-bond donors (Lipinski definition) is 1. The molecule has 0 atom stereocenters. The van der Waals surface area contributed by atoms with E-state index in [9.17, 15) is 4.79 Å². The van der Waals surface area contributed by atoms with Gasteiger partial charge in [-0.2, -0.15) is 5.10 Å². The van der Waals surface area contributed by atoms with Crippen molar-refractivity contribution in [2.45, 2.75) is 26.9 Å². The minimum absolute atomic E-state index is 0.116. The van der Waals surface area contributed by atoms with Gasteiger partial charge in [0.25, 0.3) is 0 Å². The molecule has 16 heavy (non-hydrogen) atoms. The Labute approximate surface area is 96.4 Å². The maximum Gasteiger partial charge on any atom is 0.236 e. The normalized spacial score (nSPS) is 10.4. The molecule has 0 bridgehead atoms. The predicted octanol–water partition coefficient (Wildman–Crippen LogP) is 0.471. The quantitative estimate of drug-likeness (QED) is 0.764. The smallest absolute Gasteiger partial charge is 0.236 e. The molecular weight excluding hydrogens is 204 g/mol. The van der Waals surface area contributed by atoms with Crippen molar-refractivity contribution in [3.8, 4) is 0 Å². The fourth-order valence-electron chi connectivity index (χ4n) is 1.30. The minimum atomic E-state index is 0.116. The zero-order valence-corrected chi connectivity index (χ0v) is 10.2. The van der Waals surface area contributed by atoms with E-state index in [-0.39, 0.29) is 5.91 Å². The highest BCUT2D eigenvalue weighted by Crippen LogP contribution is 1.96. The molecule has 5 heteroatoms. The first-order valence-corrected chi connectivity index (χ1v) is 5.63. The summed E-state index contributed by atoms with van der Waals surface area (Å²) in [6.45, 7) is 6.68. The Bertz CT molecular complexity index is 334. The van der Waals surface area contributed by atoms with Crippen molar-refractivity contribution in [3.63, 3.8) is 0 Å². The van der Waals surface area contributed by atoms with Gasteiger partial charge in [0.15, 0.2) is 0 Å². The lowest BCUT2D eigenvalue weighted by Crippen LogP contribution is -2.35. The van der Waals surface area contributed by atoms with Crippen LogP contribution >= 0.6 is 0 Å². The molecule has 1 amide bonds. The molecule has 90 valence electrons. The summed E-state index contributed by atoms with van der Waals surface area (Å²) >= 11 is 0. The third kappa shape index (κ3) is 3.66. The molecule has 0 unspecified atom stereocenters. The van der Waals surface area contributed by atoms with Gasteiger partial charge in [0.2, 0.25) is 5.91 Å². The van der Waals surface area contributed by atoms with E-state index in [1.807, 2.05) is 30.9 Å². The van der Waals surface area contributed by atoms with Crippen LogP contribution in [0.15, 0.2) is 12.4 Å². The molecule has 1 rings (SSSR count). The third-order valence-corrected chi connectivity index (χ3v) is 2.52. The molecule has 5 nitrogen and oxygen atoms in total. The molecule has 0 saturated heterocycles. The lowest BCUT2D eigenvalue weighted by molar-refractivity contribution is -0.128. The molecule has 1 aromatic rings. The summed E-state index contributed by atoms with van der Waals surface area (Å²) in [5, 5.41) is 7.27. The standard InChI is InChI=1S/C11H20N4O/c1-4-14(3)11(16)8-12-6-10-7-13-15(5-2)9-10/h7,9,12H,4-6,8H2,1-3H3. The summed E-state index contributed by atoms with van der Waals surface area (Å²) in [4.78, 5) is 13.2. The van der Waals surface area contributed by atoms with Crippen molar-refractivity contribution in [2.24, 2.45) is 0 Å². The first-order chi connectivity index (χ1) is 7.67. The number of carbonyl (C=O) groups is 1. The number of aryl methyl sites for hydroxylation is 1. The number of aromatic nitrogens is 2. The molecule has 0 fully saturated rings. The Morgan fingerprint density at radius 1 is 1.56 bits per heavy atom. The van der Waals surface area contributed by atoms with Gasteiger partial charge in [-0.05, 0) is 13.8 Å². The molecule has 0 radical (unpaired) electrons. The van der Waals surface area contributed by atoms with Gasteiger partial charge in [0, 0.05) is 38.4 Å². The number of carbonyl (C=O) groups excluding carboxylic acids is 1. The van der Waals surface area contributed by atoms with E-state index >= 15 is 0 Å². The van der Waals surface area contributed by atoms with Gasteiger partial charge in [-0.1, -0.05) is 0 Å². The largest absolute Gasteiger partial charge is 0.345 e. The van der Waals surface area contributed by atoms with E-state index in [1.54, 1.807) is 11.9 Å². The number of nitrogens with zero attached hydrogens (tertiary/aromatic N) is 3. The fourth-order valence-corrected chi connectivity index (χ4v) is 1.30. The topological polar surface area (TPSA) is 50.2 Å². The van der Waals surface area contributed by atoms with E-state index in [4.69, 9.17) is 0 Å². The van der Waals surface area contributed by atoms with Crippen molar-refractivity contribution in [2.75, 3.05) is 20.1 Å². The number of likely N-dealkylation sites (N-methyl/N-ethyl adjacent to an activating group) is 1. The van der Waals surface area contributed by atoms with Gasteiger partial charge in [0.1, 0.15) is 0 Å². The highest BCUT2D eigenvalue weighted by molar-refractivity contribution is 5.77. The zero-order valence-electron chi connectivity index (χ0n) is 10.2. The van der Waals surface area contributed by atoms with Gasteiger partial charge < -0.3 is 10.2 Å². The second-order valence-corrected chi connectivity index (χ2v) is 3.72. The van der Waals surface area contributed by atoms with Crippen LogP contribution in [-0.4, -0.2) is 40.7 Å². The van der Waals surface area contributed by atoms with E-state index in [0.29, 0.717) is 13.1 Å². The average Bonchev–Trinajstić information content (AvgIpc) is 2.75. The second-order valence-electron chi connectivity index (χ2n) is 3.72. The van der Waals surface area contributed by atoms with Crippen LogP contribution in [0, 0.1) is 0 Å². The molecule has 0 aliphatic carbocycles. The van der Waals surface area contributed by atoms with Gasteiger partial charge in [-0.25, -0.2) is 0 Å². The summed E-state index contributed by atoms with van der Waals surface area (Å²) in [5.41, 5.74) is 1.11. The zero-order chi connectivity index (χ0) is 12.0. The van der Waals surface area contributed by atoms with Crippen molar-refractivity contribution < 1.29 is 4.79 Å². The molecule has 0 spiro atoms. The minimum Gasteiger partial charge on any atom is -0.345 e. The molecule has 1 aromatic heterocycles. The number of amides is 1. The Morgan fingerprint density at radius 2 is 2.31 bits per heavy atom. The SMILES string of the molecule is CCN(C)C(=O)CNCc1cnn(CC)c1. The molecule has 0 aliphatic rings. The molecular formula is C11H20N4O. The lowest BCUT2D eigenvalue weighted by atomic mass is 10.3. The molecule has 0 aliphatic heterocycles. The summed E-state index contributed by atoms with van der Waals surface area (Å²) in [7, 11) is 1.80. The van der Waals surface area contributed by atoms with E-state index < -0.39 is 0 Å². The Balaban J connectivity index is 2.27. The van der Waals surface area contributed by atoms with Crippen molar-refractivity contribution in [3.05, 3.63) is 18.0 Å². The first kappa shape index (κ1) is 12.7. The van der Waals surface area contributed by atoms with Crippen LogP contribution in [0.3, 0.4) is 0 Å². The van der Waals surface area contributed by atoms with Crippen LogP contribution in [0.1, 0.15) is 19.4 Å². The molecule has 1 heterocycles. The molecule has 0 aromatic carbocycles. The Hall–Kier alpha value is -1.36. The van der Waals surface area contributed by atoms with Crippen LogP contribution < -0.4 is 5.32 Å². The summed E-state index contributed by atoms with van der Waals surface area (Å²) in [6, 6.07) is 0. The third-order valence-electron chi connectivity index (χ3n) is 2.52. The van der Waals surface area contributed by atoms with Crippen LogP contribution in [0.5, 0.6) is 0 Å². The highest BCUT2D eigenvalue weighted by atomic mass is 16.2. The fraction of sp³-hybridized carbons (Fsp3) is 0.636. The van der Waals surface area contributed by atoms with Crippen molar-refractivity contribution >= 4 is 5.91 Å². The molecule has 0 saturated carbocycles. The maximum atomic E-state index is 11.5. The van der Waals surface area contributed by atoms with E-state index in [1.165, 1.54) is 0 Å². The van der Waals surface area contributed by atoms with E-state index in [0.717, 1.165) is 18.7 Å². The van der Waals surface area contributed by atoms with Crippen molar-refractivity contribution in [1.82, 2.24) is 20.0 Å². The maximum absolute atomic E-state index is 11.5. The van der Waals surface area contributed by atoms with Gasteiger partial charge in [-0.15, -0.1) is 0 Å². The monoisotopic (exact) mass is 224 g/mol. The Kier molecular flexibility index (Phi) is 4.98. The Morgan fingerprint density at radius 3 is 2.88 bits per heavy atom. The molecule has 1 N–H and O–H groups in total. The summed E-state index contributed by atoms with van der Waals surface area (Å²) in [6.07, 6.45) is 3.81. The van der Waals surface area contributed by atoms with Crippen molar-refractivity contribution in [1.29, 1.82) is 0 Å². The van der Waals surface area contributed by atoms with Crippen LogP contribution in [0.4, 0.5) is 0 Å². The van der Waals surface area contributed by atoms with Crippen LogP contribution in [0.25, 0.3) is 0 Å². The first-order valence-electron chi connectivity index (χ1n) is 5.63. The number of hydrogen-bond acceptors (Lipinski definition) is 3. The van der Waals surface area contributed by atoms with Gasteiger partial charge in [0.05, 0.1) is 12.7 Å². The van der Waals surface area contributed by atoms with Gasteiger partial charge in [-0.3, -0.25) is 9.48 Å². The highest BCUT2D eigenvalue weighted by Gasteiger charge is 2.05. The average molecular weight is 224 g/mol. The van der Waals surface area contributed by atoms with E-state index in [2.05, 4.69) is 10.4 Å². The van der Waals surface area contributed by atoms with Gasteiger partial charge >= 0.3 is 0 Å². The van der Waals surface area contributed by atoms with Crippen LogP contribution in [-0.2, 0) is 17.9 Å².